The Balaban J connectivity index is -0.000000807. The summed E-state index contributed by atoms with van der Waals surface area (Å²) >= 11 is 0. The smallest absolute Gasteiger partial charge is 0.240 e. The Hall–Kier alpha value is -1.69. The van der Waals surface area contributed by atoms with Gasteiger partial charge in [0.05, 0.1) is 6.04 Å². The van der Waals surface area contributed by atoms with Gasteiger partial charge in [-0.3, -0.25) is 19.6 Å². The molecule has 0 aromatic rings. The van der Waals surface area contributed by atoms with Crippen LogP contribution >= 0.6 is 37.2 Å². The lowest BCUT2D eigenvalue weighted by Crippen LogP contribution is -2.50. The van der Waals surface area contributed by atoms with Gasteiger partial charge in [-0.2, -0.15) is 0 Å². The molecule has 26 heavy (non-hydrogen) atoms. The van der Waals surface area contributed by atoms with Crippen molar-refractivity contribution >= 4 is 61.0 Å². The summed E-state index contributed by atoms with van der Waals surface area (Å²) in [6, 6.07) is -1.59. The molecular weight excluding hydrogens is 409 g/mol. The molecule has 0 radical (unpaired) electrons. The molecule has 2 atom stereocenters. The number of aliphatic imine (C=N–C) groups is 2. The molecule has 13 N–H and O–H groups in total. The van der Waals surface area contributed by atoms with E-state index in [2.05, 4.69) is 15.3 Å². The van der Waals surface area contributed by atoms with Crippen molar-refractivity contribution in [2.75, 3.05) is 13.1 Å². The first-order chi connectivity index (χ1) is 10.7. The zero-order valence-corrected chi connectivity index (χ0v) is 16.7. The van der Waals surface area contributed by atoms with E-state index in [-0.39, 0.29) is 49.1 Å². The number of nitrogens with one attached hydrogen (secondary N) is 1. The van der Waals surface area contributed by atoms with Gasteiger partial charge in [-0.15, -0.1) is 37.2 Å². The van der Waals surface area contributed by atoms with Crippen LogP contribution < -0.4 is 39.7 Å². The first-order valence-electron chi connectivity index (χ1n) is 7.20. The van der Waals surface area contributed by atoms with Crippen molar-refractivity contribution in [3.63, 3.8) is 0 Å². The highest BCUT2D eigenvalue weighted by molar-refractivity contribution is 5.88. The van der Waals surface area contributed by atoms with E-state index in [1.54, 1.807) is 0 Å². The highest BCUT2D eigenvalue weighted by Gasteiger charge is 2.21. The maximum Gasteiger partial charge on any atom is 0.240 e. The number of hydrogen-bond donors (Lipinski definition) is 7. The zero-order valence-electron chi connectivity index (χ0n) is 14.3. The predicted molar refractivity (Wildman–Crippen MR) is 111 cm³/mol. The minimum atomic E-state index is -0.819. The van der Waals surface area contributed by atoms with Crippen LogP contribution in [0.3, 0.4) is 0 Å². The normalized spacial score (nSPS) is 11.3. The number of rotatable bonds is 11. The number of primary amides is 1. The number of guanidine groups is 2. The van der Waals surface area contributed by atoms with Crippen LogP contribution in [0.15, 0.2) is 9.98 Å². The van der Waals surface area contributed by atoms with E-state index in [9.17, 15) is 9.59 Å². The lowest BCUT2D eigenvalue weighted by atomic mass is 10.1. The molecule has 14 heteroatoms. The second-order valence-corrected chi connectivity index (χ2v) is 4.97. The number of amides is 2. The van der Waals surface area contributed by atoms with Crippen molar-refractivity contribution in [1.82, 2.24) is 5.32 Å². The topological polar surface area (TPSA) is 227 Å². The number of carbonyl (C=O) groups is 2. The van der Waals surface area contributed by atoms with E-state index < -0.39 is 23.9 Å². The number of carbonyl (C=O) groups excluding carboxylic acids is 2. The van der Waals surface area contributed by atoms with Gasteiger partial charge in [0.15, 0.2) is 11.9 Å². The van der Waals surface area contributed by atoms with Gasteiger partial charge >= 0.3 is 0 Å². The van der Waals surface area contributed by atoms with Gasteiger partial charge in [0, 0.05) is 13.1 Å². The van der Waals surface area contributed by atoms with Crippen LogP contribution in [0.4, 0.5) is 0 Å². The van der Waals surface area contributed by atoms with Crippen LogP contribution in [0.2, 0.25) is 0 Å². The monoisotopic (exact) mass is 437 g/mol. The number of nitrogens with zero attached hydrogens (tertiary/aromatic N) is 2. The number of nitrogens with two attached hydrogens (primary N) is 6. The first-order valence-corrected chi connectivity index (χ1v) is 7.20. The third-order valence-electron chi connectivity index (χ3n) is 2.91. The van der Waals surface area contributed by atoms with Crippen molar-refractivity contribution in [2.45, 2.75) is 37.8 Å². The van der Waals surface area contributed by atoms with E-state index >= 15 is 0 Å². The van der Waals surface area contributed by atoms with Crippen molar-refractivity contribution in [3.05, 3.63) is 0 Å². The largest absolute Gasteiger partial charge is 0.370 e. The zero-order chi connectivity index (χ0) is 17.8. The molecule has 0 unspecified atom stereocenters. The maximum atomic E-state index is 11.9. The predicted octanol–water partition coefficient (Wildman–Crippen LogP) is -2.34. The average Bonchev–Trinajstić information content (AvgIpc) is 2.45. The van der Waals surface area contributed by atoms with Gasteiger partial charge in [-0.25, -0.2) is 0 Å². The van der Waals surface area contributed by atoms with Gasteiger partial charge < -0.3 is 39.7 Å². The summed E-state index contributed by atoms with van der Waals surface area (Å²) in [5.41, 5.74) is 31.8. The molecule has 0 aliphatic heterocycles. The molecule has 0 rings (SSSR count). The molecule has 156 valence electrons. The maximum absolute atomic E-state index is 11.9. The lowest BCUT2D eigenvalue weighted by Gasteiger charge is -2.18. The summed E-state index contributed by atoms with van der Waals surface area (Å²) in [5, 5.41) is 2.52. The van der Waals surface area contributed by atoms with E-state index in [4.69, 9.17) is 34.4 Å². The highest BCUT2D eigenvalue weighted by Crippen LogP contribution is 2.01. The second-order valence-electron chi connectivity index (χ2n) is 4.97. The molecule has 0 bridgehead atoms. The Bertz CT molecular complexity index is 455. The fourth-order valence-corrected chi connectivity index (χ4v) is 1.72. The van der Waals surface area contributed by atoms with Crippen molar-refractivity contribution < 1.29 is 9.59 Å². The molecule has 0 aromatic carbocycles. The van der Waals surface area contributed by atoms with E-state index in [1.165, 1.54) is 0 Å². The SMILES string of the molecule is Cl.Cl.Cl.NC(=O)[C@H](CCCN=C(N)N)NC(=O)[C@@H](N)CCCN=C(N)N. The van der Waals surface area contributed by atoms with E-state index in [1.807, 2.05) is 0 Å². The summed E-state index contributed by atoms with van der Waals surface area (Å²) in [4.78, 5) is 30.9. The second kappa shape index (κ2) is 18.1. The minimum absolute atomic E-state index is 0. The Morgan fingerprint density at radius 3 is 1.62 bits per heavy atom. The van der Waals surface area contributed by atoms with E-state index in [0.29, 0.717) is 38.8 Å². The number of hydrogen-bond acceptors (Lipinski definition) is 5. The third kappa shape index (κ3) is 17.1. The molecule has 0 saturated carbocycles. The molecule has 0 spiro atoms. The van der Waals surface area contributed by atoms with Gasteiger partial charge in [0.2, 0.25) is 11.8 Å². The van der Waals surface area contributed by atoms with Crippen molar-refractivity contribution in [3.8, 4) is 0 Å². The van der Waals surface area contributed by atoms with Gasteiger partial charge in [-0.1, -0.05) is 0 Å². The van der Waals surface area contributed by atoms with Crippen LogP contribution in [-0.4, -0.2) is 48.9 Å². The van der Waals surface area contributed by atoms with Crippen molar-refractivity contribution in [2.24, 2.45) is 44.4 Å². The molecule has 11 nitrogen and oxygen atoms in total. The molecule has 0 aliphatic rings. The van der Waals surface area contributed by atoms with Crippen LogP contribution in [0.1, 0.15) is 25.7 Å². The quantitative estimate of drug-likeness (QED) is 0.105. The summed E-state index contributed by atoms with van der Waals surface area (Å²) in [6.07, 6.45) is 1.73. The van der Waals surface area contributed by atoms with E-state index in [0.717, 1.165) is 0 Å². The Kier molecular flexibility index (Phi) is 22.3. The average molecular weight is 439 g/mol. The molecule has 0 aliphatic carbocycles. The highest BCUT2D eigenvalue weighted by atomic mass is 35.5. The Morgan fingerprint density at radius 2 is 1.23 bits per heavy atom. The third-order valence-corrected chi connectivity index (χ3v) is 2.91. The molecule has 0 fully saturated rings. The fourth-order valence-electron chi connectivity index (χ4n) is 1.72. The first kappa shape index (κ1) is 32.0. The molecule has 0 saturated heterocycles. The minimum Gasteiger partial charge on any atom is -0.370 e. The van der Waals surface area contributed by atoms with Gasteiger partial charge in [0.1, 0.15) is 6.04 Å². The van der Waals surface area contributed by atoms with Crippen LogP contribution in [0, 0.1) is 0 Å². The summed E-state index contributed by atoms with van der Waals surface area (Å²) in [6.45, 7) is 0.716. The van der Waals surface area contributed by atoms with Gasteiger partial charge in [-0.05, 0) is 25.7 Å². The summed E-state index contributed by atoms with van der Waals surface area (Å²) in [7, 11) is 0. The lowest BCUT2D eigenvalue weighted by molar-refractivity contribution is -0.128. The fraction of sp³-hybridized carbons (Fsp3) is 0.667. The Labute approximate surface area is 171 Å². The molecule has 0 aromatic heterocycles. The molecule has 0 heterocycles. The van der Waals surface area contributed by atoms with Crippen LogP contribution in [0.25, 0.3) is 0 Å². The Morgan fingerprint density at radius 1 is 0.808 bits per heavy atom. The van der Waals surface area contributed by atoms with Crippen LogP contribution in [0.5, 0.6) is 0 Å². The molecule has 2 amide bonds. The summed E-state index contributed by atoms with van der Waals surface area (Å²) < 4.78 is 0. The molecular formula is C12H30Cl3N9O2. The number of halogens is 3. The standard InChI is InChI=1S/C12H27N9O2.3ClH/c13-7(3-1-5-19-11(15)16)10(23)21-8(9(14)22)4-2-6-20-12(17)18;;;/h7-8H,1-6,13H2,(H2,14,22)(H,21,23)(H4,15,16,19)(H4,17,18,20);3*1H/t7-,8-;;;/m0.../s1. The van der Waals surface area contributed by atoms with Crippen molar-refractivity contribution in [1.29, 1.82) is 0 Å². The van der Waals surface area contributed by atoms with Gasteiger partial charge in [0.25, 0.3) is 0 Å². The van der Waals surface area contributed by atoms with Crippen LogP contribution in [-0.2, 0) is 9.59 Å². The summed E-state index contributed by atoms with van der Waals surface area (Å²) in [5.74, 6) is -1.15.